The standard InChI is InChI=1S/C33H30FN3O4/c1-5-21-14-29-26(16-32(21)40-4)31(12-13-35-29)41-25-11-10-24(36-17-25)15-30(38)28-19-37(20(2)3)18-27(33(28)39)22-6-8-23(34)9-7-22/h6-14,16-20H,5,15H2,1-4H3. The van der Waals surface area contributed by atoms with Crippen LogP contribution in [-0.2, 0) is 12.8 Å². The molecule has 0 spiro atoms. The summed E-state index contributed by atoms with van der Waals surface area (Å²) in [6.07, 6.45) is 7.27. The molecule has 0 fully saturated rings. The van der Waals surface area contributed by atoms with E-state index in [1.54, 1.807) is 50.1 Å². The van der Waals surface area contributed by atoms with Gasteiger partial charge < -0.3 is 14.0 Å². The Morgan fingerprint density at radius 1 is 1.00 bits per heavy atom. The van der Waals surface area contributed by atoms with E-state index in [-0.39, 0.29) is 23.8 Å². The molecular weight excluding hydrogens is 521 g/mol. The molecule has 0 radical (unpaired) electrons. The van der Waals surface area contributed by atoms with Crippen LogP contribution in [0.1, 0.15) is 48.4 Å². The minimum atomic E-state index is -0.398. The molecule has 0 N–H and O–H groups in total. The Morgan fingerprint density at radius 2 is 1.78 bits per heavy atom. The fourth-order valence-corrected chi connectivity index (χ4v) is 4.64. The van der Waals surface area contributed by atoms with E-state index in [9.17, 15) is 14.0 Å². The number of rotatable bonds is 9. The first kappa shape index (κ1) is 27.7. The zero-order valence-electron chi connectivity index (χ0n) is 23.3. The van der Waals surface area contributed by atoms with E-state index in [4.69, 9.17) is 9.47 Å². The van der Waals surface area contributed by atoms with Gasteiger partial charge in [-0.15, -0.1) is 0 Å². The highest BCUT2D eigenvalue weighted by Crippen LogP contribution is 2.33. The monoisotopic (exact) mass is 551 g/mol. The molecule has 7 nitrogen and oxygen atoms in total. The second kappa shape index (κ2) is 11.7. The van der Waals surface area contributed by atoms with Gasteiger partial charge in [-0.1, -0.05) is 19.1 Å². The van der Waals surface area contributed by atoms with Crippen molar-refractivity contribution in [3.63, 3.8) is 0 Å². The zero-order valence-corrected chi connectivity index (χ0v) is 23.3. The van der Waals surface area contributed by atoms with Gasteiger partial charge in [0.25, 0.3) is 0 Å². The lowest BCUT2D eigenvalue weighted by atomic mass is 10.0. The number of ketones is 1. The maximum atomic E-state index is 13.5. The van der Waals surface area contributed by atoms with Crippen LogP contribution in [-0.4, -0.2) is 27.4 Å². The summed E-state index contributed by atoms with van der Waals surface area (Å²) < 4.78 is 27.0. The number of carbonyl (C=O) groups is 1. The molecule has 3 aromatic heterocycles. The summed E-state index contributed by atoms with van der Waals surface area (Å²) in [6.45, 7) is 5.97. The van der Waals surface area contributed by atoms with Gasteiger partial charge in [0.15, 0.2) is 11.2 Å². The summed E-state index contributed by atoms with van der Waals surface area (Å²) in [6, 6.07) is 14.8. The second-order valence-corrected chi connectivity index (χ2v) is 9.99. The Hall–Kier alpha value is -4.85. The van der Waals surface area contributed by atoms with Crippen LogP contribution in [0.5, 0.6) is 17.2 Å². The van der Waals surface area contributed by atoms with Gasteiger partial charge in [-0.3, -0.25) is 19.6 Å². The quantitative estimate of drug-likeness (QED) is 0.184. The smallest absolute Gasteiger partial charge is 0.200 e. The van der Waals surface area contributed by atoms with Crippen LogP contribution in [0.3, 0.4) is 0 Å². The van der Waals surface area contributed by atoms with Gasteiger partial charge in [0.05, 0.1) is 30.8 Å². The number of aryl methyl sites for hydroxylation is 1. The minimum absolute atomic E-state index is 0.00806. The second-order valence-electron chi connectivity index (χ2n) is 9.99. The highest BCUT2D eigenvalue weighted by molar-refractivity contribution is 5.98. The molecule has 5 rings (SSSR count). The Morgan fingerprint density at radius 3 is 2.44 bits per heavy atom. The maximum absolute atomic E-state index is 13.5. The van der Waals surface area contributed by atoms with Crippen molar-refractivity contribution in [2.75, 3.05) is 7.11 Å². The fourth-order valence-electron chi connectivity index (χ4n) is 4.64. The first-order valence-electron chi connectivity index (χ1n) is 13.4. The van der Waals surface area contributed by atoms with E-state index < -0.39 is 11.2 Å². The Bertz CT molecular complexity index is 1780. The molecule has 3 heterocycles. The zero-order chi connectivity index (χ0) is 29.1. The number of nitrogens with zero attached hydrogens (tertiary/aromatic N) is 3. The molecule has 208 valence electrons. The molecule has 8 heteroatoms. The first-order chi connectivity index (χ1) is 19.8. The molecule has 0 saturated carbocycles. The summed E-state index contributed by atoms with van der Waals surface area (Å²) in [5.74, 6) is 1.12. The number of fused-ring (bicyclic) bond motifs is 1. The van der Waals surface area contributed by atoms with Crippen LogP contribution < -0.4 is 14.9 Å². The van der Waals surface area contributed by atoms with E-state index in [1.807, 2.05) is 30.5 Å². The van der Waals surface area contributed by atoms with Gasteiger partial charge in [-0.25, -0.2) is 4.39 Å². The summed E-state index contributed by atoms with van der Waals surface area (Å²) >= 11 is 0. The molecule has 0 aliphatic carbocycles. The van der Waals surface area contributed by atoms with Crippen LogP contribution in [0.25, 0.3) is 22.0 Å². The molecule has 0 saturated heterocycles. The van der Waals surface area contributed by atoms with E-state index in [0.717, 1.165) is 28.6 Å². The van der Waals surface area contributed by atoms with Crippen LogP contribution in [0, 0.1) is 5.82 Å². The summed E-state index contributed by atoms with van der Waals surface area (Å²) in [7, 11) is 1.64. The number of aromatic nitrogens is 3. The summed E-state index contributed by atoms with van der Waals surface area (Å²) in [4.78, 5) is 35.5. The van der Waals surface area contributed by atoms with Gasteiger partial charge in [0.2, 0.25) is 0 Å². The topological polar surface area (TPSA) is 83.3 Å². The molecule has 0 atom stereocenters. The highest BCUT2D eigenvalue weighted by atomic mass is 19.1. The third-order valence-corrected chi connectivity index (χ3v) is 6.95. The van der Waals surface area contributed by atoms with Gasteiger partial charge in [0, 0.05) is 41.3 Å². The van der Waals surface area contributed by atoms with E-state index >= 15 is 0 Å². The number of hydrogen-bond donors (Lipinski definition) is 0. The molecule has 2 aromatic carbocycles. The van der Waals surface area contributed by atoms with Gasteiger partial charge in [-0.2, -0.15) is 0 Å². The number of carbonyl (C=O) groups excluding carboxylic acids is 1. The predicted molar refractivity (Wildman–Crippen MR) is 156 cm³/mol. The molecule has 41 heavy (non-hydrogen) atoms. The van der Waals surface area contributed by atoms with Crippen LogP contribution in [0.15, 0.2) is 84.2 Å². The molecule has 0 unspecified atom stereocenters. The molecule has 0 aliphatic rings. The number of ether oxygens (including phenoxy) is 2. The summed E-state index contributed by atoms with van der Waals surface area (Å²) in [5.41, 5.74) is 2.91. The normalized spacial score (nSPS) is 11.2. The van der Waals surface area contributed by atoms with Crippen LogP contribution >= 0.6 is 0 Å². The number of pyridine rings is 3. The highest BCUT2D eigenvalue weighted by Gasteiger charge is 2.18. The lowest BCUT2D eigenvalue weighted by Gasteiger charge is -2.15. The third kappa shape index (κ3) is 5.87. The molecule has 0 amide bonds. The number of methoxy groups -OCH3 is 1. The van der Waals surface area contributed by atoms with Gasteiger partial charge in [0.1, 0.15) is 23.1 Å². The van der Waals surface area contributed by atoms with E-state index in [0.29, 0.717) is 28.3 Å². The summed E-state index contributed by atoms with van der Waals surface area (Å²) in [5, 5.41) is 0.809. The van der Waals surface area contributed by atoms with Crippen molar-refractivity contribution in [2.45, 2.75) is 39.7 Å². The van der Waals surface area contributed by atoms with Crippen LogP contribution in [0.4, 0.5) is 4.39 Å². The number of hydrogen-bond acceptors (Lipinski definition) is 6. The van der Waals surface area contributed by atoms with E-state index in [1.165, 1.54) is 24.3 Å². The number of benzene rings is 2. The lowest BCUT2D eigenvalue weighted by molar-refractivity contribution is 0.0990. The lowest BCUT2D eigenvalue weighted by Crippen LogP contribution is -2.22. The Balaban J connectivity index is 1.39. The van der Waals surface area contributed by atoms with Crippen molar-refractivity contribution in [1.29, 1.82) is 0 Å². The van der Waals surface area contributed by atoms with Crippen molar-refractivity contribution in [2.24, 2.45) is 0 Å². The maximum Gasteiger partial charge on any atom is 0.200 e. The van der Waals surface area contributed by atoms with Crippen molar-refractivity contribution in [3.8, 4) is 28.4 Å². The SMILES string of the molecule is CCc1cc2nccc(Oc3ccc(CC(=O)c4cn(C(C)C)cc(-c5ccc(F)cc5)c4=O)nc3)c2cc1OC. The average molecular weight is 552 g/mol. The molecule has 5 aromatic rings. The number of Topliss-reactive ketones (excluding diaryl/α,β-unsaturated/α-hetero) is 1. The van der Waals surface area contributed by atoms with Gasteiger partial charge in [-0.05, 0) is 73.9 Å². The predicted octanol–water partition coefficient (Wildman–Crippen LogP) is 6.97. The number of halogens is 1. The van der Waals surface area contributed by atoms with Crippen molar-refractivity contribution in [3.05, 3.63) is 112 Å². The van der Waals surface area contributed by atoms with E-state index in [2.05, 4.69) is 16.9 Å². The van der Waals surface area contributed by atoms with Crippen LogP contribution in [0.2, 0.25) is 0 Å². The molecule has 0 aliphatic heterocycles. The fraction of sp³-hybridized carbons (Fsp3) is 0.212. The van der Waals surface area contributed by atoms with Gasteiger partial charge >= 0.3 is 0 Å². The molecular formula is C33H30FN3O4. The van der Waals surface area contributed by atoms with Crippen molar-refractivity contribution >= 4 is 16.7 Å². The third-order valence-electron chi connectivity index (χ3n) is 6.95. The minimum Gasteiger partial charge on any atom is -0.496 e. The van der Waals surface area contributed by atoms with Crippen molar-refractivity contribution < 1.29 is 18.7 Å². The first-order valence-corrected chi connectivity index (χ1v) is 13.4. The van der Waals surface area contributed by atoms with Crippen molar-refractivity contribution in [1.82, 2.24) is 14.5 Å². The largest absolute Gasteiger partial charge is 0.496 e. The average Bonchev–Trinajstić information content (AvgIpc) is 2.98. The Labute approximate surface area is 237 Å². The molecule has 0 bridgehead atoms. The Kier molecular flexibility index (Phi) is 7.92.